The molecule has 4 nitrogen and oxygen atoms in total. The summed E-state index contributed by atoms with van der Waals surface area (Å²) in [7, 11) is 4.00. The summed E-state index contributed by atoms with van der Waals surface area (Å²) in [5.74, 6) is 0.986. The number of anilines is 1. The molecule has 1 aliphatic rings. The van der Waals surface area contributed by atoms with Crippen LogP contribution in [0.3, 0.4) is 0 Å². The van der Waals surface area contributed by atoms with Gasteiger partial charge in [0.25, 0.3) is 0 Å². The minimum Gasteiger partial charge on any atom is -0.355 e. The maximum Gasteiger partial charge on any atom is 0.147 e. The summed E-state index contributed by atoms with van der Waals surface area (Å²) in [5, 5.41) is 3.07. The van der Waals surface area contributed by atoms with Gasteiger partial charge in [0.05, 0.1) is 11.9 Å². The zero-order chi connectivity index (χ0) is 9.97. The molecule has 1 heterocycles. The van der Waals surface area contributed by atoms with E-state index in [1.54, 1.807) is 6.20 Å². The summed E-state index contributed by atoms with van der Waals surface area (Å²) < 4.78 is 0. The summed E-state index contributed by atoms with van der Waals surface area (Å²) in [4.78, 5) is 10.9. The second-order valence-corrected chi connectivity index (χ2v) is 3.74. The summed E-state index contributed by atoms with van der Waals surface area (Å²) in [6.45, 7) is 0.777. The standard InChI is InChI=1S/C10H16N4/c1-11-5-8-6-12-7-10(13-8)14(2)9-3-4-9/h6-7,9,11H,3-5H2,1-2H3. The predicted octanol–water partition coefficient (Wildman–Crippen LogP) is 0.795. The number of hydrogen-bond donors (Lipinski definition) is 1. The van der Waals surface area contributed by atoms with Gasteiger partial charge in [-0.25, -0.2) is 4.98 Å². The van der Waals surface area contributed by atoms with Crippen molar-refractivity contribution in [3.05, 3.63) is 18.1 Å². The van der Waals surface area contributed by atoms with Crippen LogP contribution in [0.2, 0.25) is 0 Å². The van der Waals surface area contributed by atoms with Crippen LogP contribution in [0.1, 0.15) is 18.5 Å². The van der Waals surface area contributed by atoms with Crippen LogP contribution in [0.25, 0.3) is 0 Å². The minimum absolute atomic E-state index is 0.689. The monoisotopic (exact) mass is 192 g/mol. The Bertz CT molecular complexity index is 309. The molecule has 76 valence electrons. The average Bonchev–Trinajstić information content (AvgIpc) is 3.01. The molecule has 0 amide bonds. The maximum absolute atomic E-state index is 4.52. The van der Waals surface area contributed by atoms with Crippen LogP contribution in [0.5, 0.6) is 0 Å². The maximum atomic E-state index is 4.52. The Morgan fingerprint density at radius 1 is 1.50 bits per heavy atom. The lowest BCUT2D eigenvalue weighted by Crippen LogP contribution is -2.21. The molecule has 1 N–H and O–H groups in total. The molecule has 0 saturated heterocycles. The van der Waals surface area contributed by atoms with Gasteiger partial charge in [-0.1, -0.05) is 0 Å². The molecule has 1 fully saturated rings. The largest absolute Gasteiger partial charge is 0.355 e. The quantitative estimate of drug-likeness (QED) is 0.766. The van der Waals surface area contributed by atoms with E-state index in [1.165, 1.54) is 12.8 Å². The van der Waals surface area contributed by atoms with E-state index in [1.807, 2.05) is 13.2 Å². The van der Waals surface area contributed by atoms with Gasteiger partial charge in [0.2, 0.25) is 0 Å². The van der Waals surface area contributed by atoms with Crippen LogP contribution in [-0.4, -0.2) is 30.1 Å². The molecule has 1 aliphatic carbocycles. The number of nitrogens with one attached hydrogen (secondary N) is 1. The van der Waals surface area contributed by atoms with Crippen molar-refractivity contribution in [2.24, 2.45) is 0 Å². The normalized spacial score (nSPS) is 15.6. The van der Waals surface area contributed by atoms with Gasteiger partial charge in [0.15, 0.2) is 0 Å². The lowest BCUT2D eigenvalue weighted by atomic mass is 10.4. The highest BCUT2D eigenvalue weighted by Gasteiger charge is 2.27. The van der Waals surface area contributed by atoms with Gasteiger partial charge in [-0.15, -0.1) is 0 Å². The molecule has 0 aromatic carbocycles. The van der Waals surface area contributed by atoms with Crippen molar-refractivity contribution >= 4 is 5.82 Å². The van der Waals surface area contributed by atoms with Gasteiger partial charge < -0.3 is 10.2 Å². The summed E-state index contributed by atoms with van der Waals surface area (Å²) in [6, 6.07) is 0.689. The van der Waals surface area contributed by atoms with Crippen LogP contribution in [-0.2, 0) is 6.54 Å². The van der Waals surface area contributed by atoms with E-state index in [0.29, 0.717) is 6.04 Å². The predicted molar refractivity (Wildman–Crippen MR) is 56.2 cm³/mol. The zero-order valence-corrected chi connectivity index (χ0v) is 8.70. The molecule has 0 bridgehead atoms. The first-order valence-electron chi connectivity index (χ1n) is 4.99. The fraction of sp³-hybridized carbons (Fsp3) is 0.600. The molecule has 4 heteroatoms. The number of aromatic nitrogens is 2. The average molecular weight is 192 g/mol. The molecule has 1 saturated carbocycles. The molecule has 2 rings (SSSR count). The molecular formula is C10H16N4. The minimum atomic E-state index is 0.689. The highest BCUT2D eigenvalue weighted by atomic mass is 15.2. The lowest BCUT2D eigenvalue weighted by molar-refractivity contribution is 0.774. The molecule has 1 aromatic heterocycles. The zero-order valence-electron chi connectivity index (χ0n) is 8.70. The van der Waals surface area contributed by atoms with E-state index in [0.717, 1.165) is 18.1 Å². The summed E-state index contributed by atoms with van der Waals surface area (Å²) in [6.07, 6.45) is 6.21. The van der Waals surface area contributed by atoms with Crippen LogP contribution in [0.15, 0.2) is 12.4 Å². The molecule has 0 atom stereocenters. The first-order valence-corrected chi connectivity index (χ1v) is 4.99. The van der Waals surface area contributed by atoms with Crippen molar-refractivity contribution in [1.29, 1.82) is 0 Å². The SMILES string of the molecule is CNCc1cncc(N(C)C2CC2)n1. The van der Waals surface area contributed by atoms with E-state index in [-0.39, 0.29) is 0 Å². The first kappa shape index (κ1) is 9.40. The highest BCUT2D eigenvalue weighted by molar-refractivity contribution is 5.38. The van der Waals surface area contributed by atoms with E-state index in [2.05, 4.69) is 27.2 Å². The Morgan fingerprint density at radius 3 is 2.93 bits per heavy atom. The molecule has 0 aliphatic heterocycles. The number of nitrogens with zero attached hydrogens (tertiary/aromatic N) is 3. The summed E-state index contributed by atoms with van der Waals surface area (Å²) >= 11 is 0. The highest BCUT2D eigenvalue weighted by Crippen LogP contribution is 2.28. The van der Waals surface area contributed by atoms with Gasteiger partial charge in [0.1, 0.15) is 5.82 Å². The second-order valence-electron chi connectivity index (χ2n) is 3.74. The van der Waals surface area contributed by atoms with Crippen molar-refractivity contribution in [2.75, 3.05) is 19.0 Å². The molecule has 0 radical (unpaired) electrons. The summed E-state index contributed by atoms with van der Waals surface area (Å²) in [5.41, 5.74) is 0.998. The van der Waals surface area contributed by atoms with Gasteiger partial charge >= 0.3 is 0 Å². The van der Waals surface area contributed by atoms with Crippen molar-refractivity contribution in [3.63, 3.8) is 0 Å². The van der Waals surface area contributed by atoms with Crippen LogP contribution >= 0.6 is 0 Å². The smallest absolute Gasteiger partial charge is 0.147 e. The van der Waals surface area contributed by atoms with E-state index in [9.17, 15) is 0 Å². The topological polar surface area (TPSA) is 41.1 Å². The first-order chi connectivity index (χ1) is 6.81. The molecule has 1 aromatic rings. The Morgan fingerprint density at radius 2 is 2.29 bits per heavy atom. The van der Waals surface area contributed by atoms with Gasteiger partial charge in [-0.05, 0) is 19.9 Å². The lowest BCUT2D eigenvalue weighted by Gasteiger charge is -2.17. The Hall–Kier alpha value is -1.16. The molecule has 0 unspecified atom stereocenters. The Labute approximate surface area is 84.4 Å². The van der Waals surface area contributed by atoms with Crippen LogP contribution < -0.4 is 10.2 Å². The fourth-order valence-corrected chi connectivity index (χ4v) is 1.48. The van der Waals surface area contributed by atoms with Gasteiger partial charge in [-0.3, -0.25) is 4.98 Å². The Kier molecular flexibility index (Phi) is 2.63. The van der Waals surface area contributed by atoms with Crippen molar-refractivity contribution < 1.29 is 0 Å². The third kappa shape index (κ3) is 2.01. The van der Waals surface area contributed by atoms with Crippen LogP contribution in [0, 0.1) is 0 Å². The second kappa shape index (κ2) is 3.92. The van der Waals surface area contributed by atoms with Gasteiger partial charge in [0, 0.05) is 25.8 Å². The van der Waals surface area contributed by atoms with Crippen LogP contribution in [0.4, 0.5) is 5.82 Å². The number of hydrogen-bond acceptors (Lipinski definition) is 4. The van der Waals surface area contributed by atoms with Crippen molar-refractivity contribution in [3.8, 4) is 0 Å². The van der Waals surface area contributed by atoms with Crippen molar-refractivity contribution in [1.82, 2.24) is 15.3 Å². The fourth-order valence-electron chi connectivity index (χ4n) is 1.48. The Balaban J connectivity index is 2.12. The van der Waals surface area contributed by atoms with E-state index >= 15 is 0 Å². The molecular weight excluding hydrogens is 176 g/mol. The third-order valence-electron chi connectivity index (χ3n) is 2.49. The number of rotatable bonds is 4. The van der Waals surface area contributed by atoms with Crippen molar-refractivity contribution in [2.45, 2.75) is 25.4 Å². The molecule has 0 spiro atoms. The molecule has 14 heavy (non-hydrogen) atoms. The third-order valence-corrected chi connectivity index (χ3v) is 2.49. The van der Waals surface area contributed by atoms with E-state index < -0.39 is 0 Å². The van der Waals surface area contributed by atoms with Gasteiger partial charge in [-0.2, -0.15) is 0 Å². The van der Waals surface area contributed by atoms with E-state index in [4.69, 9.17) is 0 Å².